The number of rotatable bonds is 4. The normalized spacial score (nSPS) is 10.5. The summed E-state index contributed by atoms with van der Waals surface area (Å²) in [5.41, 5.74) is 5.30. The third-order valence-corrected chi connectivity index (χ3v) is 1.06. The van der Waals surface area contributed by atoms with Crippen LogP contribution in [0.25, 0.3) is 0 Å². The molecular formula is C6H16N2+. The molecule has 0 amide bonds. The fraction of sp³-hybridized carbons (Fsp3) is 1.00. The molecule has 49 valence electrons. The zero-order chi connectivity index (χ0) is 6.41. The van der Waals surface area contributed by atoms with Crippen molar-refractivity contribution in [2.75, 3.05) is 27.2 Å². The minimum Gasteiger partial charge on any atom is -0.330 e. The zero-order valence-corrected chi connectivity index (χ0v) is 5.85. The van der Waals surface area contributed by atoms with Crippen LogP contribution in [0.1, 0.15) is 12.8 Å². The van der Waals surface area contributed by atoms with Gasteiger partial charge in [0.2, 0.25) is 0 Å². The summed E-state index contributed by atoms with van der Waals surface area (Å²) in [4.78, 5) is 2.18. The molecule has 0 rings (SSSR count). The van der Waals surface area contributed by atoms with E-state index >= 15 is 0 Å². The molecule has 0 aliphatic heterocycles. The first-order chi connectivity index (χ1) is 3.77. The number of nitrogens with two attached hydrogens (primary N) is 1. The second-order valence-electron chi connectivity index (χ2n) is 2.30. The van der Waals surface area contributed by atoms with Gasteiger partial charge in [-0.2, -0.15) is 4.90 Å². The highest BCUT2D eigenvalue weighted by atomic mass is 15.0. The maximum absolute atomic E-state index is 5.30. The number of nitrogens with zero attached hydrogens (tertiary/aromatic N) is 1. The van der Waals surface area contributed by atoms with Gasteiger partial charge < -0.3 is 5.73 Å². The first kappa shape index (κ1) is 7.92. The Balaban J connectivity index is 2.72. The van der Waals surface area contributed by atoms with E-state index in [0.717, 1.165) is 19.5 Å². The molecular weight excluding hydrogens is 100 g/mol. The van der Waals surface area contributed by atoms with E-state index in [0.29, 0.717) is 0 Å². The molecule has 0 saturated carbocycles. The molecule has 8 heavy (non-hydrogen) atoms. The summed E-state index contributed by atoms with van der Waals surface area (Å²) in [7, 11) is 4.16. The van der Waals surface area contributed by atoms with Crippen LogP contribution in [-0.2, 0) is 0 Å². The van der Waals surface area contributed by atoms with E-state index in [9.17, 15) is 0 Å². The zero-order valence-electron chi connectivity index (χ0n) is 5.85. The second-order valence-corrected chi connectivity index (χ2v) is 2.30. The van der Waals surface area contributed by atoms with Gasteiger partial charge in [0.05, 0.1) is 0 Å². The summed E-state index contributed by atoms with van der Waals surface area (Å²) in [6, 6.07) is 0. The van der Waals surface area contributed by atoms with E-state index in [1.165, 1.54) is 6.42 Å². The van der Waals surface area contributed by atoms with Gasteiger partial charge in [-0.3, -0.25) is 0 Å². The maximum atomic E-state index is 5.30. The molecule has 2 heteroatoms. The predicted octanol–water partition coefficient (Wildman–Crippen LogP) is 0.125. The van der Waals surface area contributed by atoms with Crippen molar-refractivity contribution in [1.29, 1.82) is 0 Å². The lowest BCUT2D eigenvalue weighted by molar-refractivity contribution is 0.530. The fourth-order valence-corrected chi connectivity index (χ4v) is 0.572. The largest absolute Gasteiger partial charge is 0.330 e. The summed E-state index contributed by atoms with van der Waals surface area (Å²) in [5.74, 6) is 0. The summed E-state index contributed by atoms with van der Waals surface area (Å²) >= 11 is 0. The molecule has 0 bridgehead atoms. The van der Waals surface area contributed by atoms with Crippen LogP contribution in [0.3, 0.4) is 0 Å². The van der Waals surface area contributed by atoms with Gasteiger partial charge in [-0.25, -0.2) is 0 Å². The van der Waals surface area contributed by atoms with E-state index in [4.69, 9.17) is 5.73 Å². The molecule has 2 N–H and O–H groups in total. The molecule has 0 aliphatic carbocycles. The van der Waals surface area contributed by atoms with Gasteiger partial charge in [0.1, 0.15) is 20.6 Å². The average Bonchev–Trinajstić information content (AvgIpc) is 1.66. The van der Waals surface area contributed by atoms with Crippen molar-refractivity contribution >= 4 is 0 Å². The Hall–Kier alpha value is -0.0800. The van der Waals surface area contributed by atoms with E-state index in [2.05, 4.69) is 19.0 Å². The lowest BCUT2D eigenvalue weighted by Gasteiger charge is -1.97. The first-order valence-corrected chi connectivity index (χ1v) is 3.12. The van der Waals surface area contributed by atoms with Crippen LogP contribution in [0.15, 0.2) is 0 Å². The SMILES string of the molecule is C[N+](C)CCCCN. The van der Waals surface area contributed by atoms with Crippen LogP contribution in [0.5, 0.6) is 0 Å². The lowest BCUT2D eigenvalue weighted by Crippen LogP contribution is -2.20. The molecule has 0 aromatic rings. The highest BCUT2D eigenvalue weighted by Gasteiger charge is 1.95. The quantitative estimate of drug-likeness (QED) is 0.411. The van der Waals surface area contributed by atoms with Gasteiger partial charge in [0.25, 0.3) is 0 Å². The Labute approximate surface area is 51.7 Å². The van der Waals surface area contributed by atoms with Gasteiger partial charge >= 0.3 is 0 Å². The van der Waals surface area contributed by atoms with E-state index in [1.54, 1.807) is 0 Å². The Bertz CT molecular complexity index is 43.8. The molecule has 0 fully saturated rings. The van der Waals surface area contributed by atoms with Gasteiger partial charge in [-0.15, -0.1) is 0 Å². The molecule has 0 aliphatic rings. The van der Waals surface area contributed by atoms with Crippen molar-refractivity contribution < 1.29 is 0 Å². The smallest absolute Gasteiger partial charge is 0.122 e. The predicted molar refractivity (Wildman–Crippen MR) is 37.1 cm³/mol. The summed E-state index contributed by atoms with van der Waals surface area (Å²) < 4.78 is 0. The Morgan fingerprint density at radius 3 is 2.25 bits per heavy atom. The molecule has 0 spiro atoms. The molecule has 0 atom stereocenters. The first-order valence-electron chi connectivity index (χ1n) is 3.12. The van der Waals surface area contributed by atoms with E-state index in [1.807, 2.05) is 0 Å². The molecule has 0 saturated heterocycles. The molecule has 2 nitrogen and oxygen atoms in total. The van der Waals surface area contributed by atoms with Crippen LogP contribution < -0.4 is 10.6 Å². The summed E-state index contributed by atoms with van der Waals surface area (Å²) in [6.45, 7) is 1.99. The fourth-order valence-electron chi connectivity index (χ4n) is 0.572. The van der Waals surface area contributed by atoms with Crippen LogP contribution in [0.2, 0.25) is 0 Å². The van der Waals surface area contributed by atoms with Gasteiger partial charge in [-0.05, 0) is 13.0 Å². The molecule has 0 unspecified atom stereocenters. The monoisotopic (exact) mass is 116 g/mol. The summed E-state index contributed by atoms with van der Waals surface area (Å²) in [5, 5.41) is 0. The number of hydrogen-bond acceptors (Lipinski definition) is 2. The van der Waals surface area contributed by atoms with Crippen molar-refractivity contribution in [2.45, 2.75) is 12.8 Å². The average molecular weight is 116 g/mol. The van der Waals surface area contributed by atoms with Crippen LogP contribution in [-0.4, -0.2) is 27.2 Å². The minimum absolute atomic E-state index is 0.827. The van der Waals surface area contributed by atoms with E-state index < -0.39 is 0 Å². The Kier molecular flexibility index (Phi) is 5.01. The summed E-state index contributed by atoms with van der Waals surface area (Å²) in [6.07, 6.45) is 2.38. The third-order valence-electron chi connectivity index (χ3n) is 1.06. The minimum atomic E-state index is 0.827. The van der Waals surface area contributed by atoms with Gasteiger partial charge in [0, 0.05) is 6.42 Å². The molecule has 0 aromatic carbocycles. The van der Waals surface area contributed by atoms with Crippen LogP contribution in [0.4, 0.5) is 0 Å². The highest BCUT2D eigenvalue weighted by Crippen LogP contribution is 1.84. The standard InChI is InChI=1S/C6H16N2/c1-8(2)6-4-3-5-7/h3-7H2,1-2H3/q+1. The van der Waals surface area contributed by atoms with E-state index in [-0.39, 0.29) is 0 Å². The van der Waals surface area contributed by atoms with Gasteiger partial charge in [0.15, 0.2) is 0 Å². The molecule has 0 heterocycles. The van der Waals surface area contributed by atoms with Crippen molar-refractivity contribution in [3.63, 3.8) is 0 Å². The molecule has 0 aromatic heterocycles. The van der Waals surface area contributed by atoms with Gasteiger partial charge in [-0.1, -0.05) is 0 Å². The maximum Gasteiger partial charge on any atom is 0.122 e. The topological polar surface area (TPSA) is 31.9 Å². The number of hydrogen-bond donors (Lipinski definition) is 1. The Morgan fingerprint density at radius 2 is 1.88 bits per heavy atom. The highest BCUT2D eigenvalue weighted by molar-refractivity contribution is 4.48. The van der Waals surface area contributed by atoms with Crippen LogP contribution in [0, 0.1) is 0 Å². The van der Waals surface area contributed by atoms with Crippen molar-refractivity contribution in [3.8, 4) is 0 Å². The van der Waals surface area contributed by atoms with Crippen molar-refractivity contribution in [3.05, 3.63) is 0 Å². The number of unbranched alkanes of at least 4 members (excludes halogenated alkanes) is 1. The van der Waals surface area contributed by atoms with Crippen LogP contribution >= 0.6 is 0 Å². The van der Waals surface area contributed by atoms with Crippen molar-refractivity contribution in [2.24, 2.45) is 5.73 Å². The lowest BCUT2D eigenvalue weighted by atomic mass is 10.3. The van der Waals surface area contributed by atoms with Crippen molar-refractivity contribution in [1.82, 2.24) is 4.90 Å². The molecule has 1 radical (unpaired) electrons. The third kappa shape index (κ3) is 5.92. The Morgan fingerprint density at radius 1 is 1.25 bits per heavy atom. The second kappa shape index (κ2) is 5.06.